The van der Waals surface area contributed by atoms with E-state index in [2.05, 4.69) is 50.1 Å². The number of benzene rings is 2. The van der Waals surface area contributed by atoms with Gasteiger partial charge in [0, 0.05) is 50.7 Å². The van der Waals surface area contributed by atoms with Crippen molar-refractivity contribution in [2.24, 2.45) is 0 Å². The number of aromatic nitrogens is 2. The molecule has 0 amide bonds. The Balaban J connectivity index is 1.39. The second-order valence-electron chi connectivity index (χ2n) is 7.11. The molecule has 1 fully saturated rings. The van der Waals surface area contributed by atoms with Gasteiger partial charge in [-0.3, -0.25) is 9.80 Å². The molecule has 2 aromatic carbocycles. The van der Waals surface area contributed by atoms with E-state index < -0.39 is 0 Å². The van der Waals surface area contributed by atoms with Crippen molar-refractivity contribution in [1.29, 1.82) is 0 Å². The van der Waals surface area contributed by atoms with E-state index in [1.807, 2.05) is 42.7 Å². The van der Waals surface area contributed by atoms with Crippen molar-refractivity contribution in [2.75, 3.05) is 32.8 Å². The Bertz CT molecular complexity index is 821. The molecule has 1 aliphatic rings. The van der Waals surface area contributed by atoms with Gasteiger partial charge < -0.3 is 4.74 Å². The fraction of sp³-hybridized carbons (Fsp3) is 0.304. The molecule has 1 aliphatic heterocycles. The van der Waals surface area contributed by atoms with Crippen LogP contribution in [0.5, 0.6) is 5.75 Å². The molecule has 5 nitrogen and oxygen atoms in total. The zero-order chi connectivity index (χ0) is 19.0. The lowest BCUT2D eigenvalue weighted by atomic mass is 10.0. The first-order valence-corrected chi connectivity index (χ1v) is 9.81. The Kier molecular flexibility index (Phi) is 6.27. The van der Waals surface area contributed by atoms with E-state index in [0.717, 1.165) is 38.5 Å². The first-order chi connectivity index (χ1) is 13.9. The third-order valence-corrected chi connectivity index (χ3v) is 5.20. The molecule has 3 aromatic rings. The molecular weight excluding hydrogens is 348 g/mol. The minimum atomic E-state index is 0.253. The van der Waals surface area contributed by atoms with Gasteiger partial charge in [-0.25, -0.2) is 9.97 Å². The van der Waals surface area contributed by atoms with E-state index in [-0.39, 0.29) is 6.04 Å². The van der Waals surface area contributed by atoms with Crippen LogP contribution in [-0.4, -0.2) is 52.6 Å². The van der Waals surface area contributed by atoms with Gasteiger partial charge in [0.1, 0.15) is 18.7 Å². The summed E-state index contributed by atoms with van der Waals surface area (Å²) in [6, 6.07) is 21.0. The van der Waals surface area contributed by atoms with Crippen molar-refractivity contribution in [1.82, 2.24) is 19.8 Å². The third kappa shape index (κ3) is 4.94. The third-order valence-electron chi connectivity index (χ3n) is 5.20. The molecule has 0 saturated carbocycles. The monoisotopic (exact) mass is 374 g/mol. The molecule has 28 heavy (non-hydrogen) atoms. The summed E-state index contributed by atoms with van der Waals surface area (Å²) in [5, 5.41) is 0. The Morgan fingerprint density at radius 3 is 2.14 bits per heavy atom. The van der Waals surface area contributed by atoms with Crippen LogP contribution >= 0.6 is 0 Å². The number of nitrogens with zero attached hydrogens (tertiary/aromatic N) is 4. The molecule has 5 heteroatoms. The lowest BCUT2D eigenvalue weighted by molar-refractivity contribution is 0.0677. The number of hydrogen-bond donors (Lipinski definition) is 0. The van der Waals surface area contributed by atoms with Gasteiger partial charge in [-0.1, -0.05) is 48.5 Å². The van der Waals surface area contributed by atoms with Gasteiger partial charge in [-0.2, -0.15) is 0 Å². The van der Waals surface area contributed by atoms with Crippen molar-refractivity contribution in [2.45, 2.75) is 12.6 Å². The van der Waals surface area contributed by atoms with Crippen molar-refractivity contribution >= 4 is 0 Å². The molecule has 0 bridgehead atoms. The van der Waals surface area contributed by atoms with E-state index in [0.29, 0.717) is 6.61 Å². The molecule has 4 rings (SSSR count). The first kappa shape index (κ1) is 18.6. The zero-order valence-corrected chi connectivity index (χ0v) is 16.0. The Labute approximate surface area is 166 Å². The van der Waals surface area contributed by atoms with Crippen LogP contribution < -0.4 is 4.74 Å². The van der Waals surface area contributed by atoms with Crippen molar-refractivity contribution in [3.8, 4) is 5.75 Å². The SMILES string of the molecule is c1ccc(OCC(c2ccccc2)N2CCN(Cc3cncnc3)CC2)cc1. The van der Waals surface area contributed by atoms with Crippen molar-refractivity contribution < 1.29 is 4.74 Å². The standard InChI is InChI=1S/C23H26N4O/c1-3-7-21(8-4-1)23(18-28-22-9-5-2-6-10-22)27-13-11-26(12-14-27)17-20-15-24-19-25-16-20/h1-10,15-16,19,23H,11-14,17-18H2. The normalized spacial score (nSPS) is 16.6. The average molecular weight is 374 g/mol. The highest BCUT2D eigenvalue weighted by molar-refractivity contribution is 5.23. The minimum Gasteiger partial charge on any atom is -0.492 e. The highest BCUT2D eigenvalue weighted by Gasteiger charge is 2.25. The second-order valence-corrected chi connectivity index (χ2v) is 7.11. The predicted octanol–water partition coefficient (Wildman–Crippen LogP) is 3.41. The number of para-hydroxylation sites is 1. The number of hydrogen-bond acceptors (Lipinski definition) is 5. The lowest BCUT2D eigenvalue weighted by Crippen LogP contribution is -2.48. The van der Waals surface area contributed by atoms with Gasteiger partial charge in [-0.05, 0) is 17.7 Å². The van der Waals surface area contributed by atoms with E-state index >= 15 is 0 Å². The van der Waals surface area contributed by atoms with Crippen LogP contribution in [0.15, 0.2) is 79.4 Å². The van der Waals surface area contributed by atoms with Gasteiger partial charge in [-0.15, -0.1) is 0 Å². The Morgan fingerprint density at radius 2 is 1.46 bits per heavy atom. The summed E-state index contributed by atoms with van der Waals surface area (Å²) >= 11 is 0. The molecule has 1 unspecified atom stereocenters. The molecule has 2 heterocycles. The molecule has 1 atom stereocenters. The number of ether oxygens (including phenoxy) is 1. The van der Waals surface area contributed by atoms with Crippen LogP contribution in [0.25, 0.3) is 0 Å². The molecular formula is C23H26N4O. The summed E-state index contributed by atoms with van der Waals surface area (Å²) in [5.74, 6) is 0.922. The summed E-state index contributed by atoms with van der Waals surface area (Å²) in [4.78, 5) is 13.2. The zero-order valence-electron chi connectivity index (χ0n) is 16.0. The van der Waals surface area contributed by atoms with Crippen LogP contribution in [0.3, 0.4) is 0 Å². The van der Waals surface area contributed by atoms with Crippen molar-refractivity contribution in [3.05, 3.63) is 90.5 Å². The van der Waals surface area contributed by atoms with E-state index in [1.54, 1.807) is 6.33 Å². The molecule has 0 aliphatic carbocycles. The Morgan fingerprint density at radius 1 is 0.821 bits per heavy atom. The van der Waals surface area contributed by atoms with Gasteiger partial charge in [0.2, 0.25) is 0 Å². The fourth-order valence-corrected chi connectivity index (χ4v) is 3.68. The van der Waals surface area contributed by atoms with Crippen LogP contribution in [-0.2, 0) is 6.54 Å². The maximum atomic E-state index is 6.13. The minimum absolute atomic E-state index is 0.253. The molecule has 1 aromatic heterocycles. The topological polar surface area (TPSA) is 41.5 Å². The summed E-state index contributed by atoms with van der Waals surface area (Å²) in [7, 11) is 0. The summed E-state index contributed by atoms with van der Waals surface area (Å²) < 4.78 is 6.13. The quantitative estimate of drug-likeness (QED) is 0.634. The highest BCUT2D eigenvalue weighted by Crippen LogP contribution is 2.24. The molecule has 1 saturated heterocycles. The van der Waals surface area contributed by atoms with Crippen LogP contribution in [0.1, 0.15) is 17.2 Å². The molecule has 144 valence electrons. The van der Waals surface area contributed by atoms with Crippen LogP contribution in [0, 0.1) is 0 Å². The molecule has 0 N–H and O–H groups in total. The van der Waals surface area contributed by atoms with Crippen LogP contribution in [0.4, 0.5) is 0 Å². The van der Waals surface area contributed by atoms with Gasteiger partial charge in [0.25, 0.3) is 0 Å². The summed E-state index contributed by atoms with van der Waals surface area (Å²) in [6.07, 6.45) is 5.39. The molecule has 0 radical (unpaired) electrons. The lowest BCUT2D eigenvalue weighted by Gasteiger charge is -2.39. The van der Waals surface area contributed by atoms with Crippen molar-refractivity contribution in [3.63, 3.8) is 0 Å². The van der Waals surface area contributed by atoms with E-state index in [9.17, 15) is 0 Å². The molecule has 0 spiro atoms. The maximum absolute atomic E-state index is 6.13. The Hall–Kier alpha value is -2.76. The predicted molar refractivity (Wildman–Crippen MR) is 110 cm³/mol. The first-order valence-electron chi connectivity index (χ1n) is 9.81. The summed E-state index contributed by atoms with van der Waals surface area (Å²) in [5.41, 5.74) is 2.48. The van der Waals surface area contributed by atoms with Gasteiger partial charge in [0.05, 0.1) is 6.04 Å². The smallest absolute Gasteiger partial charge is 0.119 e. The van der Waals surface area contributed by atoms with Gasteiger partial charge >= 0.3 is 0 Å². The average Bonchev–Trinajstić information content (AvgIpc) is 2.77. The highest BCUT2D eigenvalue weighted by atomic mass is 16.5. The second kappa shape index (κ2) is 9.44. The number of rotatable bonds is 7. The van der Waals surface area contributed by atoms with E-state index in [1.165, 1.54) is 11.1 Å². The van der Waals surface area contributed by atoms with Crippen LogP contribution in [0.2, 0.25) is 0 Å². The van der Waals surface area contributed by atoms with E-state index in [4.69, 9.17) is 4.74 Å². The number of piperazine rings is 1. The largest absolute Gasteiger partial charge is 0.492 e. The maximum Gasteiger partial charge on any atom is 0.119 e. The fourth-order valence-electron chi connectivity index (χ4n) is 3.68. The summed E-state index contributed by atoms with van der Waals surface area (Å²) in [6.45, 7) is 5.66. The van der Waals surface area contributed by atoms with Gasteiger partial charge in [0.15, 0.2) is 0 Å².